The SMILES string of the molecule is CN(CC1CC(O)C1)C(=O)CCN1C(=O)NC(C)(C)C1=O. The van der Waals surface area contributed by atoms with Crippen molar-refractivity contribution in [2.45, 2.75) is 44.8 Å². The lowest BCUT2D eigenvalue weighted by Crippen LogP contribution is -2.42. The normalized spacial score (nSPS) is 27.3. The Labute approximate surface area is 124 Å². The molecule has 0 bridgehead atoms. The van der Waals surface area contributed by atoms with Crippen molar-refractivity contribution in [2.75, 3.05) is 20.1 Å². The predicted molar refractivity (Wildman–Crippen MR) is 75.3 cm³/mol. The van der Waals surface area contributed by atoms with Crippen LogP contribution >= 0.6 is 0 Å². The first-order valence-corrected chi connectivity index (χ1v) is 7.27. The second-order valence-corrected chi connectivity index (χ2v) is 6.53. The highest BCUT2D eigenvalue weighted by Gasteiger charge is 2.44. The maximum atomic E-state index is 12.0. The fourth-order valence-corrected chi connectivity index (χ4v) is 2.76. The van der Waals surface area contributed by atoms with Gasteiger partial charge in [-0.3, -0.25) is 14.5 Å². The van der Waals surface area contributed by atoms with Crippen molar-refractivity contribution in [1.82, 2.24) is 15.1 Å². The summed E-state index contributed by atoms with van der Waals surface area (Å²) in [5, 5.41) is 11.8. The first kappa shape index (κ1) is 15.8. The topological polar surface area (TPSA) is 89.9 Å². The van der Waals surface area contributed by atoms with Crippen molar-refractivity contribution in [3.05, 3.63) is 0 Å². The van der Waals surface area contributed by atoms with E-state index in [0.29, 0.717) is 12.5 Å². The molecule has 4 amide bonds. The molecule has 1 saturated carbocycles. The van der Waals surface area contributed by atoms with Gasteiger partial charge in [-0.15, -0.1) is 0 Å². The summed E-state index contributed by atoms with van der Waals surface area (Å²) in [7, 11) is 1.71. The fourth-order valence-electron chi connectivity index (χ4n) is 2.76. The zero-order valence-corrected chi connectivity index (χ0v) is 12.8. The number of carbonyl (C=O) groups excluding carboxylic acids is 3. The number of carbonyl (C=O) groups is 3. The number of aliphatic hydroxyl groups excluding tert-OH is 1. The largest absolute Gasteiger partial charge is 0.393 e. The number of rotatable bonds is 5. The molecule has 0 spiro atoms. The molecule has 1 aliphatic heterocycles. The molecule has 0 radical (unpaired) electrons. The molecule has 2 aliphatic rings. The maximum Gasteiger partial charge on any atom is 0.325 e. The third kappa shape index (κ3) is 3.34. The molecule has 0 unspecified atom stereocenters. The second kappa shape index (κ2) is 5.63. The Morgan fingerprint density at radius 3 is 2.52 bits per heavy atom. The van der Waals surface area contributed by atoms with Crippen LogP contribution in [0.5, 0.6) is 0 Å². The van der Waals surface area contributed by atoms with E-state index in [4.69, 9.17) is 0 Å². The van der Waals surface area contributed by atoms with Crippen LogP contribution in [0.3, 0.4) is 0 Å². The van der Waals surface area contributed by atoms with E-state index < -0.39 is 11.6 Å². The van der Waals surface area contributed by atoms with E-state index in [9.17, 15) is 19.5 Å². The van der Waals surface area contributed by atoms with Gasteiger partial charge in [0.1, 0.15) is 5.54 Å². The van der Waals surface area contributed by atoms with E-state index in [1.54, 1.807) is 25.8 Å². The van der Waals surface area contributed by atoms with Crippen molar-refractivity contribution >= 4 is 17.8 Å². The van der Waals surface area contributed by atoms with Crippen molar-refractivity contribution in [2.24, 2.45) is 5.92 Å². The maximum absolute atomic E-state index is 12.0. The molecule has 1 heterocycles. The van der Waals surface area contributed by atoms with Gasteiger partial charge in [-0.25, -0.2) is 4.79 Å². The first-order valence-electron chi connectivity index (χ1n) is 7.27. The van der Waals surface area contributed by atoms with E-state index in [0.717, 1.165) is 17.7 Å². The molecule has 0 aromatic rings. The molecule has 21 heavy (non-hydrogen) atoms. The minimum Gasteiger partial charge on any atom is -0.393 e. The molecule has 1 saturated heterocycles. The molecule has 7 nitrogen and oxygen atoms in total. The van der Waals surface area contributed by atoms with Gasteiger partial charge in [0.05, 0.1) is 6.10 Å². The van der Waals surface area contributed by atoms with Crippen LogP contribution in [-0.2, 0) is 9.59 Å². The molecule has 7 heteroatoms. The van der Waals surface area contributed by atoms with Crippen LogP contribution in [0.15, 0.2) is 0 Å². The highest BCUT2D eigenvalue weighted by atomic mass is 16.3. The molecular formula is C14H23N3O4. The fraction of sp³-hybridized carbons (Fsp3) is 0.786. The first-order chi connectivity index (χ1) is 9.70. The third-order valence-electron chi connectivity index (χ3n) is 4.16. The molecule has 0 aromatic heterocycles. The Bertz CT molecular complexity index is 457. The number of nitrogens with zero attached hydrogens (tertiary/aromatic N) is 2. The van der Waals surface area contributed by atoms with Gasteiger partial charge in [0.2, 0.25) is 5.91 Å². The lowest BCUT2D eigenvalue weighted by molar-refractivity contribution is -0.133. The van der Waals surface area contributed by atoms with Crippen molar-refractivity contribution < 1.29 is 19.5 Å². The van der Waals surface area contributed by atoms with Gasteiger partial charge < -0.3 is 15.3 Å². The number of amides is 4. The number of imide groups is 1. The standard InChI is InChI=1S/C14H23N3O4/c1-14(2)12(20)17(13(21)15-14)5-4-11(19)16(3)8-9-6-10(18)7-9/h9-10,18H,4-8H2,1-3H3,(H,15,21). The summed E-state index contributed by atoms with van der Waals surface area (Å²) < 4.78 is 0. The zero-order chi connectivity index (χ0) is 15.8. The smallest absolute Gasteiger partial charge is 0.325 e. The summed E-state index contributed by atoms with van der Waals surface area (Å²) in [6.07, 6.45) is 1.37. The monoisotopic (exact) mass is 297 g/mol. The number of nitrogens with one attached hydrogen (secondary N) is 1. The summed E-state index contributed by atoms with van der Waals surface area (Å²) in [4.78, 5) is 38.4. The number of urea groups is 1. The van der Waals surface area contributed by atoms with Crippen LogP contribution in [0, 0.1) is 5.92 Å². The van der Waals surface area contributed by atoms with E-state index in [2.05, 4.69) is 5.32 Å². The minimum absolute atomic E-state index is 0.0957. The van der Waals surface area contributed by atoms with Crippen LogP contribution in [0.1, 0.15) is 33.1 Å². The summed E-state index contributed by atoms with van der Waals surface area (Å²) in [6, 6.07) is -0.442. The highest BCUT2D eigenvalue weighted by Crippen LogP contribution is 2.27. The Hall–Kier alpha value is -1.63. The molecule has 2 N–H and O–H groups in total. The predicted octanol–water partition coefficient (Wildman–Crippen LogP) is -0.0638. The van der Waals surface area contributed by atoms with Gasteiger partial charge in [-0.1, -0.05) is 0 Å². The van der Waals surface area contributed by atoms with Gasteiger partial charge in [0.15, 0.2) is 0 Å². The van der Waals surface area contributed by atoms with Crippen LogP contribution in [-0.4, -0.2) is 64.5 Å². The molecule has 2 fully saturated rings. The van der Waals surface area contributed by atoms with Gasteiger partial charge in [0, 0.05) is 26.6 Å². The average molecular weight is 297 g/mol. The summed E-state index contributed by atoms with van der Waals surface area (Å²) in [6.45, 7) is 4.00. The average Bonchev–Trinajstić information content (AvgIpc) is 2.54. The van der Waals surface area contributed by atoms with Gasteiger partial charge >= 0.3 is 6.03 Å². The Kier molecular flexibility index (Phi) is 4.22. The zero-order valence-electron chi connectivity index (χ0n) is 12.8. The van der Waals surface area contributed by atoms with Crippen LogP contribution in [0.4, 0.5) is 4.79 Å². The van der Waals surface area contributed by atoms with Gasteiger partial charge in [-0.05, 0) is 32.6 Å². The van der Waals surface area contributed by atoms with Gasteiger partial charge in [0.25, 0.3) is 5.91 Å². The van der Waals surface area contributed by atoms with E-state index >= 15 is 0 Å². The van der Waals surface area contributed by atoms with Crippen LogP contribution < -0.4 is 5.32 Å². The molecule has 0 atom stereocenters. The third-order valence-corrected chi connectivity index (χ3v) is 4.16. The number of aliphatic hydroxyl groups is 1. The lowest BCUT2D eigenvalue weighted by atomic mass is 9.82. The van der Waals surface area contributed by atoms with E-state index in [-0.39, 0.29) is 30.9 Å². The number of hydrogen-bond donors (Lipinski definition) is 2. The summed E-state index contributed by atoms with van der Waals surface area (Å²) in [5.41, 5.74) is -0.895. The second-order valence-electron chi connectivity index (χ2n) is 6.53. The molecule has 2 rings (SSSR count). The summed E-state index contributed by atoms with van der Waals surface area (Å²) in [5.74, 6) is -0.0450. The van der Waals surface area contributed by atoms with Crippen molar-refractivity contribution in [1.29, 1.82) is 0 Å². The lowest BCUT2D eigenvalue weighted by Gasteiger charge is -2.34. The molecular weight excluding hydrogens is 274 g/mol. The highest BCUT2D eigenvalue weighted by molar-refractivity contribution is 6.06. The van der Waals surface area contributed by atoms with E-state index in [1.165, 1.54) is 0 Å². The minimum atomic E-state index is -0.895. The van der Waals surface area contributed by atoms with Crippen molar-refractivity contribution in [3.8, 4) is 0 Å². The Morgan fingerprint density at radius 1 is 1.43 bits per heavy atom. The molecule has 1 aliphatic carbocycles. The quantitative estimate of drug-likeness (QED) is 0.695. The van der Waals surface area contributed by atoms with E-state index in [1.807, 2.05) is 0 Å². The van der Waals surface area contributed by atoms with Gasteiger partial charge in [-0.2, -0.15) is 0 Å². The van der Waals surface area contributed by atoms with Crippen LogP contribution in [0.2, 0.25) is 0 Å². The molecule has 0 aromatic carbocycles. The Balaban J connectivity index is 1.78. The van der Waals surface area contributed by atoms with Crippen molar-refractivity contribution in [3.63, 3.8) is 0 Å². The van der Waals surface area contributed by atoms with Crippen LogP contribution in [0.25, 0.3) is 0 Å². The molecule has 118 valence electrons. The number of hydrogen-bond acceptors (Lipinski definition) is 4. The Morgan fingerprint density at radius 2 is 2.05 bits per heavy atom. The summed E-state index contributed by atoms with van der Waals surface area (Å²) >= 11 is 0.